The van der Waals surface area contributed by atoms with Gasteiger partial charge in [0, 0.05) is 32.2 Å². The standard InChI is InChI=1S/C18H26FN3O/c1-13(2)17-12-22(9-3-8-21(17)11-14-4-5-14)18(23)16-7-6-15(19)10-20-16/h6-7,10,13-14,17H,3-5,8-9,11-12H2,1-2H3. The van der Waals surface area contributed by atoms with Crippen LogP contribution >= 0.6 is 0 Å². The number of pyridine rings is 1. The summed E-state index contributed by atoms with van der Waals surface area (Å²) in [6.45, 7) is 8.17. The van der Waals surface area contributed by atoms with E-state index in [1.807, 2.05) is 4.90 Å². The number of aromatic nitrogens is 1. The lowest BCUT2D eigenvalue weighted by molar-refractivity contribution is 0.0698. The van der Waals surface area contributed by atoms with Crippen LogP contribution in [0, 0.1) is 17.7 Å². The van der Waals surface area contributed by atoms with E-state index < -0.39 is 5.82 Å². The summed E-state index contributed by atoms with van der Waals surface area (Å²) in [6.07, 6.45) is 4.81. The van der Waals surface area contributed by atoms with Gasteiger partial charge in [0.25, 0.3) is 5.91 Å². The van der Waals surface area contributed by atoms with Crippen LogP contribution < -0.4 is 0 Å². The number of hydrogen-bond donors (Lipinski definition) is 0. The zero-order chi connectivity index (χ0) is 16.4. The van der Waals surface area contributed by atoms with E-state index in [9.17, 15) is 9.18 Å². The van der Waals surface area contributed by atoms with E-state index in [0.717, 1.165) is 38.2 Å². The molecular formula is C18H26FN3O. The van der Waals surface area contributed by atoms with Crippen LogP contribution in [0.3, 0.4) is 0 Å². The van der Waals surface area contributed by atoms with Gasteiger partial charge >= 0.3 is 0 Å². The van der Waals surface area contributed by atoms with Crippen LogP contribution in [0.25, 0.3) is 0 Å². The van der Waals surface area contributed by atoms with Crippen molar-refractivity contribution in [1.82, 2.24) is 14.8 Å². The molecule has 0 aromatic carbocycles. The maximum Gasteiger partial charge on any atom is 0.272 e. The third-order valence-corrected chi connectivity index (χ3v) is 4.94. The largest absolute Gasteiger partial charge is 0.336 e. The highest BCUT2D eigenvalue weighted by Crippen LogP contribution is 2.32. The maximum absolute atomic E-state index is 13.0. The average molecular weight is 319 g/mol. The Morgan fingerprint density at radius 2 is 2.13 bits per heavy atom. The summed E-state index contributed by atoms with van der Waals surface area (Å²) < 4.78 is 13.0. The molecule has 4 nitrogen and oxygen atoms in total. The molecule has 1 amide bonds. The van der Waals surface area contributed by atoms with Gasteiger partial charge in [0.05, 0.1) is 6.20 Å². The number of carbonyl (C=O) groups is 1. The fourth-order valence-electron chi connectivity index (χ4n) is 3.40. The van der Waals surface area contributed by atoms with Crippen molar-refractivity contribution in [3.05, 3.63) is 29.8 Å². The monoisotopic (exact) mass is 319 g/mol. The first-order valence-corrected chi connectivity index (χ1v) is 8.69. The molecule has 23 heavy (non-hydrogen) atoms. The summed E-state index contributed by atoms with van der Waals surface area (Å²) >= 11 is 0. The lowest BCUT2D eigenvalue weighted by Gasteiger charge is -2.34. The minimum Gasteiger partial charge on any atom is -0.336 e. The second kappa shape index (κ2) is 6.95. The number of halogens is 1. The molecule has 1 aromatic rings. The van der Waals surface area contributed by atoms with Crippen molar-refractivity contribution in [3.63, 3.8) is 0 Å². The summed E-state index contributed by atoms with van der Waals surface area (Å²) in [5, 5.41) is 0. The third-order valence-electron chi connectivity index (χ3n) is 4.94. The van der Waals surface area contributed by atoms with Gasteiger partial charge in [0.1, 0.15) is 11.5 Å². The van der Waals surface area contributed by atoms with Crippen LogP contribution in [0.4, 0.5) is 4.39 Å². The molecule has 1 unspecified atom stereocenters. The molecular weight excluding hydrogens is 293 g/mol. The van der Waals surface area contributed by atoms with Crippen LogP contribution in [-0.4, -0.2) is 52.9 Å². The minimum atomic E-state index is -0.409. The predicted octanol–water partition coefficient (Wildman–Crippen LogP) is 2.80. The van der Waals surface area contributed by atoms with E-state index in [1.165, 1.54) is 31.5 Å². The van der Waals surface area contributed by atoms with Crippen molar-refractivity contribution < 1.29 is 9.18 Å². The Hall–Kier alpha value is -1.49. The molecule has 1 saturated heterocycles. The van der Waals surface area contributed by atoms with Crippen LogP contribution in [0.2, 0.25) is 0 Å². The van der Waals surface area contributed by atoms with Gasteiger partial charge in [-0.2, -0.15) is 0 Å². The second-order valence-corrected chi connectivity index (χ2v) is 7.22. The smallest absolute Gasteiger partial charge is 0.272 e. The Bertz CT molecular complexity index is 542. The molecule has 3 rings (SSSR count). The van der Waals surface area contributed by atoms with Gasteiger partial charge in [-0.1, -0.05) is 13.8 Å². The molecule has 0 bridgehead atoms. The van der Waals surface area contributed by atoms with E-state index in [0.29, 0.717) is 17.7 Å². The third kappa shape index (κ3) is 4.08. The molecule has 2 fully saturated rings. The van der Waals surface area contributed by atoms with Crippen LogP contribution in [0.1, 0.15) is 43.6 Å². The first-order chi connectivity index (χ1) is 11.0. The quantitative estimate of drug-likeness (QED) is 0.856. The van der Waals surface area contributed by atoms with Gasteiger partial charge in [-0.3, -0.25) is 9.69 Å². The normalized spacial score (nSPS) is 23.1. The summed E-state index contributed by atoms with van der Waals surface area (Å²) in [5.41, 5.74) is 0.338. The fraction of sp³-hybridized carbons (Fsp3) is 0.667. The van der Waals surface area contributed by atoms with Crippen molar-refractivity contribution in [2.75, 3.05) is 26.2 Å². The van der Waals surface area contributed by atoms with Gasteiger partial charge in [-0.15, -0.1) is 0 Å². The van der Waals surface area contributed by atoms with E-state index >= 15 is 0 Å². The van der Waals surface area contributed by atoms with E-state index in [2.05, 4.69) is 23.7 Å². The highest BCUT2D eigenvalue weighted by molar-refractivity contribution is 5.92. The summed E-state index contributed by atoms with van der Waals surface area (Å²) in [4.78, 5) is 21.1. The highest BCUT2D eigenvalue weighted by atomic mass is 19.1. The van der Waals surface area contributed by atoms with Gasteiger partial charge < -0.3 is 4.90 Å². The van der Waals surface area contributed by atoms with Crippen molar-refractivity contribution in [2.45, 2.75) is 39.2 Å². The van der Waals surface area contributed by atoms with E-state index in [-0.39, 0.29) is 5.91 Å². The summed E-state index contributed by atoms with van der Waals surface area (Å²) in [7, 11) is 0. The van der Waals surface area contributed by atoms with Crippen molar-refractivity contribution in [1.29, 1.82) is 0 Å². The Kier molecular flexibility index (Phi) is 4.95. The van der Waals surface area contributed by atoms with E-state index in [1.54, 1.807) is 0 Å². The van der Waals surface area contributed by atoms with Crippen molar-refractivity contribution in [3.8, 4) is 0 Å². The lowest BCUT2D eigenvalue weighted by Crippen LogP contribution is -2.46. The van der Waals surface area contributed by atoms with Gasteiger partial charge in [-0.05, 0) is 43.2 Å². The number of hydrogen-bond acceptors (Lipinski definition) is 3. The number of nitrogens with zero attached hydrogens (tertiary/aromatic N) is 3. The molecule has 126 valence electrons. The molecule has 0 spiro atoms. The SMILES string of the molecule is CC(C)C1CN(C(=O)c2ccc(F)cn2)CCCN1CC1CC1. The molecule has 2 aliphatic rings. The highest BCUT2D eigenvalue weighted by Gasteiger charge is 2.33. The second-order valence-electron chi connectivity index (χ2n) is 7.22. The molecule has 1 aromatic heterocycles. The number of carbonyl (C=O) groups excluding carboxylic acids is 1. The predicted molar refractivity (Wildman–Crippen MR) is 87.6 cm³/mol. The van der Waals surface area contributed by atoms with Gasteiger partial charge in [0.15, 0.2) is 0 Å². The first-order valence-electron chi connectivity index (χ1n) is 8.69. The Labute approximate surface area is 137 Å². The molecule has 1 aliphatic heterocycles. The lowest BCUT2D eigenvalue weighted by atomic mass is 10.0. The molecule has 0 radical (unpaired) electrons. The van der Waals surface area contributed by atoms with Gasteiger partial charge in [0.2, 0.25) is 0 Å². The van der Waals surface area contributed by atoms with E-state index in [4.69, 9.17) is 0 Å². The molecule has 5 heteroatoms. The minimum absolute atomic E-state index is 0.0797. The zero-order valence-electron chi connectivity index (χ0n) is 14.0. The first kappa shape index (κ1) is 16.4. The topological polar surface area (TPSA) is 36.4 Å². The number of amides is 1. The Morgan fingerprint density at radius 1 is 1.35 bits per heavy atom. The number of rotatable bonds is 4. The van der Waals surface area contributed by atoms with Crippen molar-refractivity contribution >= 4 is 5.91 Å². The molecule has 1 aliphatic carbocycles. The average Bonchev–Trinajstić information content (AvgIpc) is 3.34. The van der Waals surface area contributed by atoms with Gasteiger partial charge in [-0.25, -0.2) is 9.37 Å². The summed E-state index contributed by atoms with van der Waals surface area (Å²) in [6, 6.07) is 3.18. The summed E-state index contributed by atoms with van der Waals surface area (Å²) in [5.74, 6) is 0.873. The van der Waals surface area contributed by atoms with Crippen LogP contribution in [0.5, 0.6) is 0 Å². The maximum atomic E-state index is 13.0. The zero-order valence-corrected chi connectivity index (χ0v) is 14.0. The fourth-order valence-corrected chi connectivity index (χ4v) is 3.40. The molecule has 1 saturated carbocycles. The van der Waals surface area contributed by atoms with Crippen LogP contribution in [0.15, 0.2) is 18.3 Å². The Balaban J connectivity index is 1.72. The Morgan fingerprint density at radius 3 is 2.74 bits per heavy atom. The van der Waals surface area contributed by atoms with Crippen LogP contribution in [-0.2, 0) is 0 Å². The van der Waals surface area contributed by atoms with Crippen molar-refractivity contribution in [2.24, 2.45) is 11.8 Å². The molecule has 1 atom stereocenters. The molecule has 0 N–H and O–H groups in total. The molecule has 2 heterocycles.